The lowest BCUT2D eigenvalue weighted by Gasteiger charge is -2.31. The lowest BCUT2D eigenvalue weighted by atomic mass is 9.79. The molecule has 1 unspecified atom stereocenters. The molecule has 3 heterocycles. The van der Waals surface area contributed by atoms with Crippen molar-refractivity contribution in [3.8, 4) is 6.07 Å². The second-order valence-corrected chi connectivity index (χ2v) is 9.27. The molecular weight excluding hydrogens is 424 g/mol. The number of carbonyl (C=O) groups is 1. The normalized spacial score (nSPS) is 19.5. The Morgan fingerprint density at radius 3 is 2.79 bits per heavy atom. The number of pyridine rings is 1. The monoisotopic (exact) mass is 452 g/mol. The highest BCUT2D eigenvalue weighted by molar-refractivity contribution is 5.93. The predicted octanol–water partition coefficient (Wildman–Crippen LogP) is 4.23. The molecule has 3 aromatic rings. The number of nitrogens with zero attached hydrogens (tertiary/aromatic N) is 3. The summed E-state index contributed by atoms with van der Waals surface area (Å²) in [7, 11) is 0. The number of nitriles is 1. The SMILES string of the molecule is Cc1c(CCN2CCC(CNc3ccc(C#N)cn3)(c3ccccc3)C2)ccc2c1COC2=O. The number of hydrogen-bond acceptors (Lipinski definition) is 6. The standard InChI is InChI=1S/C28H28N4O2/c1-20-22(8-9-24-25(20)17-34-27(24)33)11-13-32-14-12-28(19-32,23-5-3-2-4-6-23)18-31-26-10-7-21(15-29)16-30-26/h2-10,16H,11-14,17-19H2,1H3,(H,30,31). The van der Waals surface area contributed by atoms with Crippen LogP contribution in [0.2, 0.25) is 0 Å². The van der Waals surface area contributed by atoms with E-state index in [0.29, 0.717) is 17.7 Å². The molecule has 172 valence electrons. The number of esters is 1. The third-order valence-corrected chi connectivity index (χ3v) is 7.30. The molecule has 2 aliphatic rings. The van der Waals surface area contributed by atoms with Gasteiger partial charge in [0.15, 0.2) is 0 Å². The fourth-order valence-electron chi connectivity index (χ4n) is 5.19. The summed E-state index contributed by atoms with van der Waals surface area (Å²) in [5.74, 6) is 0.583. The Hall–Kier alpha value is -3.69. The van der Waals surface area contributed by atoms with Crippen LogP contribution in [0, 0.1) is 18.3 Å². The Morgan fingerprint density at radius 1 is 1.18 bits per heavy atom. The topological polar surface area (TPSA) is 78.2 Å². The summed E-state index contributed by atoms with van der Waals surface area (Å²) in [5.41, 5.74) is 6.12. The first-order valence-electron chi connectivity index (χ1n) is 11.7. The van der Waals surface area contributed by atoms with Crippen LogP contribution in [0.3, 0.4) is 0 Å². The van der Waals surface area contributed by atoms with Gasteiger partial charge in [-0.15, -0.1) is 0 Å². The zero-order valence-electron chi connectivity index (χ0n) is 19.4. The van der Waals surface area contributed by atoms with Gasteiger partial charge in [-0.25, -0.2) is 9.78 Å². The number of cyclic esters (lactones) is 1. The van der Waals surface area contributed by atoms with E-state index in [0.717, 1.165) is 50.4 Å². The van der Waals surface area contributed by atoms with Gasteiger partial charge in [0.1, 0.15) is 18.5 Å². The summed E-state index contributed by atoms with van der Waals surface area (Å²) in [6, 6.07) is 20.5. The van der Waals surface area contributed by atoms with Gasteiger partial charge in [-0.3, -0.25) is 0 Å². The summed E-state index contributed by atoms with van der Waals surface area (Å²) in [6.45, 7) is 6.24. The Labute approximate surface area is 200 Å². The molecule has 1 saturated heterocycles. The number of hydrogen-bond donors (Lipinski definition) is 1. The fraction of sp³-hybridized carbons (Fsp3) is 0.321. The van der Waals surface area contributed by atoms with Crippen LogP contribution >= 0.6 is 0 Å². The third kappa shape index (κ3) is 4.27. The van der Waals surface area contributed by atoms with Crippen molar-refractivity contribution >= 4 is 11.8 Å². The molecule has 5 rings (SSSR count). The van der Waals surface area contributed by atoms with Gasteiger partial charge in [0.2, 0.25) is 0 Å². The van der Waals surface area contributed by atoms with Gasteiger partial charge in [0, 0.05) is 36.8 Å². The number of aromatic nitrogens is 1. The number of ether oxygens (including phenoxy) is 1. The van der Waals surface area contributed by atoms with Gasteiger partial charge in [-0.1, -0.05) is 36.4 Å². The molecule has 34 heavy (non-hydrogen) atoms. The van der Waals surface area contributed by atoms with E-state index in [-0.39, 0.29) is 11.4 Å². The number of nitrogens with one attached hydrogen (secondary N) is 1. The maximum atomic E-state index is 11.8. The lowest BCUT2D eigenvalue weighted by molar-refractivity contribution is 0.0535. The van der Waals surface area contributed by atoms with Crippen LogP contribution in [-0.4, -0.2) is 42.0 Å². The van der Waals surface area contributed by atoms with Crippen LogP contribution in [0.4, 0.5) is 5.82 Å². The summed E-state index contributed by atoms with van der Waals surface area (Å²) < 4.78 is 5.21. The van der Waals surface area contributed by atoms with Crippen molar-refractivity contribution in [2.75, 3.05) is 31.5 Å². The molecule has 2 aliphatic heterocycles. The number of fused-ring (bicyclic) bond motifs is 1. The molecule has 0 saturated carbocycles. The van der Waals surface area contributed by atoms with E-state index in [9.17, 15) is 4.79 Å². The average Bonchev–Trinajstić information content (AvgIpc) is 3.48. The molecule has 6 nitrogen and oxygen atoms in total. The Kier molecular flexibility index (Phi) is 6.04. The number of anilines is 1. The van der Waals surface area contributed by atoms with Crippen molar-refractivity contribution in [3.63, 3.8) is 0 Å². The van der Waals surface area contributed by atoms with Crippen molar-refractivity contribution in [1.82, 2.24) is 9.88 Å². The molecule has 0 radical (unpaired) electrons. The first-order chi connectivity index (χ1) is 16.6. The van der Waals surface area contributed by atoms with Gasteiger partial charge in [0.05, 0.1) is 11.1 Å². The minimum Gasteiger partial charge on any atom is -0.457 e. The highest BCUT2D eigenvalue weighted by atomic mass is 16.5. The summed E-state index contributed by atoms with van der Waals surface area (Å²) in [5, 5.41) is 12.5. The molecule has 1 N–H and O–H groups in total. The Balaban J connectivity index is 1.29. The zero-order valence-corrected chi connectivity index (χ0v) is 19.4. The van der Waals surface area contributed by atoms with E-state index in [2.05, 4.69) is 64.6 Å². The van der Waals surface area contributed by atoms with Crippen molar-refractivity contribution in [1.29, 1.82) is 5.26 Å². The number of carbonyl (C=O) groups excluding carboxylic acids is 1. The summed E-state index contributed by atoms with van der Waals surface area (Å²) in [4.78, 5) is 18.8. The van der Waals surface area contributed by atoms with Crippen LogP contribution in [0.25, 0.3) is 0 Å². The van der Waals surface area contributed by atoms with Crippen molar-refractivity contribution in [2.45, 2.75) is 31.8 Å². The quantitative estimate of drug-likeness (QED) is 0.541. The molecule has 6 heteroatoms. The number of likely N-dealkylation sites (tertiary alicyclic amines) is 1. The number of benzene rings is 2. The second kappa shape index (κ2) is 9.28. The predicted molar refractivity (Wildman–Crippen MR) is 131 cm³/mol. The largest absolute Gasteiger partial charge is 0.457 e. The van der Waals surface area contributed by atoms with E-state index in [4.69, 9.17) is 10.00 Å². The van der Waals surface area contributed by atoms with Gasteiger partial charge >= 0.3 is 5.97 Å². The highest BCUT2D eigenvalue weighted by Crippen LogP contribution is 2.35. The minimum absolute atomic E-state index is 0.00984. The molecule has 0 aliphatic carbocycles. The van der Waals surface area contributed by atoms with Gasteiger partial charge in [-0.2, -0.15) is 5.26 Å². The van der Waals surface area contributed by atoms with Crippen molar-refractivity contribution < 1.29 is 9.53 Å². The van der Waals surface area contributed by atoms with Crippen LogP contribution in [0.1, 0.15) is 44.6 Å². The molecule has 1 fully saturated rings. The van der Waals surface area contributed by atoms with E-state index in [1.165, 1.54) is 16.7 Å². The first kappa shape index (κ1) is 22.1. The van der Waals surface area contributed by atoms with E-state index >= 15 is 0 Å². The first-order valence-corrected chi connectivity index (χ1v) is 11.7. The highest BCUT2D eigenvalue weighted by Gasteiger charge is 2.39. The molecule has 1 atom stereocenters. The summed E-state index contributed by atoms with van der Waals surface area (Å²) in [6.07, 6.45) is 3.62. The third-order valence-electron chi connectivity index (χ3n) is 7.30. The van der Waals surface area contributed by atoms with Crippen LogP contribution in [0.5, 0.6) is 0 Å². The molecule has 2 aromatic carbocycles. The van der Waals surface area contributed by atoms with Gasteiger partial charge in [0.25, 0.3) is 0 Å². The van der Waals surface area contributed by atoms with Crippen molar-refractivity contribution in [2.24, 2.45) is 0 Å². The Bertz CT molecular complexity index is 1230. The average molecular weight is 453 g/mol. The lowest BCUT2D eigenvalue weighted by Crippen LogP contribution is -2.38. The number of rotatable bonds is 7. The van der Waals surface area contributed by atoms with Crippen molar-refractivity contribution in [3.05, 3.63) is 94.2 Å². The van der Waals surface area contributed by atoms with Gasteiger partial charge < -0.3 is 15.0 Å². The van der Waals surface area contributed by atoms with Crippen LogP contribution in [0.15, 0.2) is 60.8 Å². The second-order valence-electron chi connectivity index (χ2n) is 9.27. The smallest absolute Gasteiger partial charge is 0.338 e. The van der Waals surface area contributed by atoms with E-state index < -0.39 is 0 Å². The molecule has 0 spiro atoms. The van der Waals surface area contributed by atoms with Crippen LogP contribution < -0.4 is 5.32 Å². The van der Waals surface area contributed by atoms with Crippen LogP contribution in [-0.2, 0) is 23.2 Å². The molecular formula is C28H28N4O2. The molecule has 1 aromatic heterocycles. The van der Waals surface area contributed by atoms with E-state index in [1.54, 1.807) is 12.3 Å². The molecule has 0 bridgehead atoms. The maximum Gasteiger partial charge on any atom is 0.338 e. The summed E-state index contributed by atoms with van der Waals surface area (Å²) >= 11 is 0. The minimum atomic E-state index is -0.207. The maximum absolute atomic E-state index is 11.8. The Morgan fingerprint density at radius 2 is 2.03 bits per heavy atom. The fourth-order valence-corrected chi connectivity index (χ4v) is 5.19. The molecule has 0 amide bonds. The zero-order chi connectivity index (χ0) is 23.5. The van der Waals surface area contributed by atoms with Gasteiger partial charge in [-0.05, 0) is 61.2 Å². The van der Waals surface area contributed by atoms with E-state index in [1.807, 2.05) is 12.1 Å².